The molecule has 2 aromatic heterocycles. The Kier molecular flexibility index (Phi) is 4.61. The number of nitrogens with one attached hydrogen (secondary N) is 1. The Hall–Kier alpha value is -1.33. The maximum atomic E-state index is 6.13. The summed E-state index contributed by atoms with van der Waals surface area (Å²) in [6.45, 7) is 4.02. The van der Waals surface area contributed by atoms with Gasteiger partial charge >= 0.3 is 0 Å². The van der Waals surface area contributed by atoms with Crippen molar-refractivity contribution in [2.45, 2.75) is 30.3 Å². The number of pyridine rings is 1. The molecule has 100 valence electrons. The molecule has 1 N–H and O–H groups in total. The molecule has 0 aromatic carbocycles. The minimum atomic E-state index is 0.634. The first-order valence-electron chi connectivity index (χ1n) is 5.99. The second-order valence-electron chi connectivity index (χ2n) is 3.91. The Morgan fingerprint density at radius 2 is 2.11 bits per heavy atom. The Labute approximate surface area is 122 Å². The highest BCUT2D eigenvalue weighted by Crippen LogP contribution is 2.33. The number of aromatic nitrogens is 3. The molecular formula is C13H15ClN4S. The minimum absolute atomic E-state index is 0.634. The van der Waals surface area contributed by atoms with Crippen LogP contribution in [0.5, 0.6) is 0 Å². The van der Waals surface area contributed by atoms with Gasteiger partial charge in [-0.25, -0.2) is 15.0 Å². The van der Waals surface area contributed by atoms with Crippen LogP contribution < -0.4 is 5.32 Å². The molecule has 2 rings (SSSR count). The summed E-state index contributed by atoms with van der Waals surface area (Å²) in [4.78, 5) is 13.3. The van der Waals surface area contributed by atoms with Crippen molar-refractivity contribution < 1.29 is 0 Å². The molecule has 0 atom stereocenters. The zero-order chi connectivity index (χ0) is 13.8. The lowest BCUT2D eigenvalue weighted by Gasteiger charge is -2.11. The number of hydrogen-bond donors (Lipinski definition) is 1. The predicted molar refractivity (Wildman–Crippen MR) is 79.1 cm³/mol. The molecule has 0 aliphatic heterocycles. The van der Waals surface area contributed by atoms with Crippen molar-refractivity contribution in [3.8, 4) is 0 Å². The molecule has 0 saturated heterocycles. The van der Waals surface area contributed by atoms with Gasteiger partial charge in [-0.05, 0) is 30.8 Å². The van der Waals surface area contributed by atoms with Gasteiger partial charge in [-0.2, -0.15) is 0 Å². The van der Waals surface area contributed by atoms with Gasteiger partial charge in [0, 0.05) is 25.2 Å². The third kappa shape index (κ3) is 3.16. The van der Waals surface area contributed by atoms with Crippen molar-refractivity contribution in [3.05, 3.63) is 34.7 Å². The van der Waals surface area contributed by atoms with Crippen molar-refractivity contribution in [2.24, 2.45) is 0 Å². The van der Waals surface area contributed by atoms with E-state index in [1.165, 1.54) is 11.8 Å². The molecule has 19 heavy (non-hydrogen) atoms. The first kappa shape index (κ1) is 14.1. The molecular weight excluding hydrogens is 280 g/mol. The highest BCUT2D eigenvalue weighted by Gasteiger charge is 2.12. The first-order chi connectivity index (χ1) is 9.15. The highest BCUT2D eigenvalue weighted by molar-refractivity contribution is 7.99. The van der Waals surface area contributed by atoms with Gasteiger partial charge in [0.05, 0.1) is 5.02 Å². The van der Waals surface area contributed by atoms with Crippen LogP contribution in [0.25, 0.3) is 0 Å². The monoisotopic (exact) mass is 294 g/mol. The van der Waals surface area contributed by atoms with E-state index in [-0.39, 0.29) is 0 Å². The van der Waals surface area contributed by atoms with Crippen LogP contribution in [0.1, 0.15) is 18.3 Å². The van der Waals surface area contributed by atoms with Crippen LogP contribution >= 0.6 is 23.4 Å². The Balaban J connectivity index is 2.42. The molecule has 0 aliphatic carbocycles. The van der Waals surface area contributed by atoms with Crippen LogP contribution in [-0.4, -0.2) is 22.0 Å². The van der Waals surface area contributed by atoms with Gasteiger partial charge in [0.15, 0.2) is 0 Å². The lowest BCUT2D eigenvalue weighted by molar-refractivity contribution is 0.873. The van der Waals surface area contributed by atoms with Crippen LogP contribution in [0.4, 0.5) is 5.82 Å². The average molecular weight is 295 g/mol. The lowest BCUT2D eigenvalue weighted by atomic mass is 10.3. The molecule has 0 bridgehead atoms. The van der Waals surface area contributed by atoms with E-state index in [1.807, 2.05) is 33.0 Å². The maximum Gasteiger partial charge on any atom is 0.133 e. The summed E-state index contributed by atoms with van der Waals surface area (Å²) in [5.41, 5.74) is 1.01. The molecule has 0 saturated carbocycles. The molecule has 0 radical (unpaired) electrons. The molecule has 0 fully saturated rings. The number of halogens is 1. The van der Waals surface area contributed by atoms with Crippen molar-refractivity contribution in [3.63, 3.8) is 0 Å². The van der Waals surface area contributed by atoms with Gasteiger partial charge in [0.25, 0.3) is 0 Å². The summed E-state index contributed by atoms with van der Waals surface area (Å²) >= 11 is 7.60. The van der Waals surface area contributed by atoms with Crippen LogP contribution in [0.3, 0.4) is 0 Å². The van der Waals surface area contributed by atoms with Crippen molar-refractivity contribution in [1.29, 1.82) is 0 Å². The quantitative estimate of drug-likeness (QED) is 0.873. The van der Waals surface area contributed by atoms with Gasteiger partial charge in [-0.15, -0.1) is 0 Å². The SMILES string of the molecule is CCc1nc(NC)c(C)c(Sc2ncccc2Cl)n1. The molecule has 2 aromatic rings. The van der Waals surface area contributed by atoms with Crippen LogP contribution in [0.15, 0.2) is 28.4 Å². The van der Waals surface area contributed by atoms with Gasteiger partial charge in [-0.3, -0.25) is 0 Å². The molecule has 0 unspecified atom stereocenters. The summed E-state index contributed by atoms with van der Waals surface area (Å²) in [5.74, 6) is 1.66. The molecule has 2 heterocycles. The van der Waals surface area contributed by atoms with Crippen molar-refractivity contribution >= 4 is 29.2 Å². The second-order valence-corrected chi connectivity index (χ2v) is 5.30. The zero-order valence-electron chi connectivity index (χ0n) is 11.1. The molecule has 0 aliphatic rings. The van der Waals surface area contributed by atoms with Gasteiger partial charge in [0.2, 0.25) is 0 Å². The van der Waals surface area contributed by atoms with Crippen molar-refractivity contribution in [2.75, 3.05) is 12.4 Å². The number of nitrogens with zero attached hydrogens (tertiary/aromatic N) is 3. The van der Waals surface area contributed by atoms with Crippen molar-refractivity contribution in [1.82, 2.24) is 15.0 Å². The van der Waals surface area contributed by atoms with Gasteiger partial charge < -0.3 is 5.32 Å². The molecule has 0 amide bonds. The summed E-state index contributed by atoms with van der Waals surface area (Å²) in [6, 6.07) is 3.64. The Morgan fingerprint density at radius 3 is 2.74 bits per heavy atom. The number of anilines is 1. The van der Waals surface area contributed by atoms with E-state index in [1.54, 1.807) is 6.20 Å². The van der Waals surface area contributed by atoms with E-state index in [2.05, 4.69) is 20.3 Å². The lowest BCUT2D eigenvalue weighted by Crippen LogP contribution is -2.04. The largest absolute Gasteiger partial charge is 0.373 e. The normalized spacial score (nSPS) is 10.5. The smallest absolute Gasteiger partial charge is 0.133 e. The molecule has 0 spiro atoms. The third-order valence-electron chi connectivity index (χ3n) is 2.62. The fraction of sp³-hybridized carbons (Fsp3) is 0.308. The van der Waals surface area contributed by atoms with E-state index in [4.69, 9.17) is 11.6 Å². The summed E-state index contributed by atoms with van der Waals surface area (Å²) in [7, 11) is 1.86. The molecule has 6 heteroatoms. The van der Waals surface area contributed by atoms with Crippen LogP contribution in [0.2, 0.25) is 5.02 Å². The standard InChI is InChI=1S/C13H15ClN4S/c1-4-10-17-11(15-3)8(2)12(18-10)19-13-9(14)6-5-7-16-13/h5-7H,4H2,1-3H3,(H,15,17,18). The van der Waals surface area contributed by atoms with E-state index < -0.39 is 0 Å². The highest BCUT2D eigenvalue weighted by atomic mass is 35.5. The zero-order valence-corrected chi connectivity index (χ0v) is 12.6. The fourth-order valence-electron chi connectivity index (χ4n) is 1.58. The second kappa shape index (κ2) is 6.21. The van der Waals surface area contributed by atoms with Crippen LogP contribution in [0, 0.1) is 6.92 Å². The third-order valence-corrected chi connectivity index (χ3v) is 4.15. The maximum absolute atomic E-state index is 6.13. The van der Waals surface area contributed by atoms with E-state index in [0.29, 0.717) is 5.02 Å². The number of hydrogen-bond acceptors (Lipinski definition) is 5. The molecule has 4 nitrogen and oxygen atoms in total. The Morgan fingerprint density at radius 1 is 1.32 bits per heavy atom. The minimum Gasteiger partial charge on any atom is -0.373 e. The topological polar surface area (TPSA) is 50.7 Å². The van der Waals surface area contributed by atoms with Gasteiger partial charge in [-0.1, -0.05) is 18.5 Å². The van der Waals surface area contributed by atoms with E-state index >= 15 is 0 Å². The summed E-state index contributed by atoms with van der Waals surface area (Å²) in [6.07, 6.45) is 2.52. The fourth-order valence-corrected chi connectivity index (χ4v) is 2.68. The first-order valence-corrected chi connectivity index (χ1v) is 7.18. The van der Waals surface area contributed by atoms with Crippen LogP contribution in [-0.2, 0) is 6.42 Å². The van der Waals surface area contributed by atoms with E-state index in [0.717, 1.165) is 33.7 Å². The predicted octanol–water partition coefficient (Wildman–Crippen LogP) is 3.59. The summed E-state index contributed by atoms with van der Waals surface area (Å²) < 4.78 is 0. The Bertz CT molecular complexity index is 589. The summed E-state index contributed by atoms with van der Waals surface area (Å²) in [5, 5.41) is 5.37. The number of aryl methyl sites for hydroxylation is 1. The average Bonchev–Trinajstić information content (AvgIpc) is 2.43. The van der Waals surface area contributed by atoms with Gasteiger partial charge in [0.1, 0.15) is 21.7 Å². The number of rotatable bonds is 4. The van der Waals surface area contributed by atoms with E-state index in [9.17, 15) is 0 Å².